The Morgan fingerprint density at radius 2 is 1.97 bits per heavy atom. The molecule has 164 valence electrons. The first-order valence-corrected chi connectivity index (χ1v) is 11.0. The number of benzene rings is 1. The Kier molecular flexibility index (Phi) is 6.94. The number of amides is 1. The molecule has 0 unspecified atom stereocenters. The van der Waals surface area contributed by atoms with Crippen LogP contribution >= 0.6 is 0 Å². The van der Waals surface area contributed by atoms with Crippen molar-refractivity contribution in [3.8, 4) is 0 Å². The van der Waals surface area contributed by atoms with Crippen molar-refractivity contribution in [3.05, 3.63) is 60.0 Å². The molecule has 1 aliphatic heterocycles. The zero-order chi connectivity index (χ0) is 21.6. The molecule has 1 fully saturated rings. The summed E-state index contributed by atoms with van der Waals surface area (Å²) in [5.74, 6) is 0.545. The lowest BCUT2D eigenvalue weighted by molar-refractivity contribution is 0.0723. The molecule has 7 heteroatoms. The summed E-state index contributed by atoms with van der Waals surface area (Å²) in [6.45, 7) is 5.39. The van der Waals surface area contributed by atoms with Crippen molar-refractivity contribution >= 4 is 17.1 Å². The average molecular weight is 422 g/mol. The van der Waals surface area contributed by atoms with Gasteiger partial charge in [-0.25, -0.2) is 9.97 Å². The van der Waals surface area contributed by atoms with Gasteiger partial charge in [-0.2, -0.15) is 0 Å². The van der Waals surface area contributed by atoms with Crippen LogP contribution in [0, 0.1) is 5.92 Å². The van der Waals surface area contributed by atoms with Gasteiger partial charge in [0.05, 0.1) is 25.0 Å². The molecule has 0 N–H and O–H groups in total. The van der Waals surface area contributed by atoms with Crippen molar-refractivity contribution in [2.24, 2.45) is 5.92 Å². The van der Waals surface area contributed by atoms with Crippen LogP contribution in [0.1, 0.15) is 28.8 Å². The number of hydrogen-bond donors (Lipinski definition) is 0. The van der Waals surface area contributed by atoms with Crippen LogP contribution in [0.25, 0.3) is 11.2 Å². The van der Waals surface area contributed by atoms with E-state index in [0.29, 0.717) is 18.0 Å². The quantitative estimate of drug-likeness (QED) is 0.560. The SMILES string of the molecule is COCCN1CCC(CN(C)C(=O)c2cnc3c(c2)ncn3Cc2ccccc2)CC1. The van der Waals surface area contributed by atoms with Gasteiger partial charge >= 0.3 is 0 Å². The maximum absolute atomic E-state index is 13.0. The number of likely N-dealkylation sites (tertiary alicyclic amines) is 1. The lowest BCUT2D eigenvalue weighted by Gasteiger charge is -2.33. The zero-order valence-electron chi connectivity index (χ0n) is 18.4. The smallest absolute Gasteiger partial charge is 0.255 e. The van der Waals surface area contributed by atoms with E-state index in [9.17, 15) is 4.79 Å². The number of carbonyl (C=O) groups is 1. The Hall–Kier alpha value is -2.77. The predicted molar refractivity (Wildman–Crippen MR) is 121 cm³/mol. The summed E-state index contributed by atoms with van der Waals surface area (Å²) in [6.07, 6.45) is 5.70. The van der Waals surface area contributed by atoms with Gasteiger partial charge in [0.15, 0.2) is 5.65 Å². The van der Waals surface area contributed by atoms with Gasteiger partial charge in [-0.05, 0) is 43.5 Å². The van der Waals surface area contributed by atoms with E-state index >= 15 is 0 Å². The van der Waals surface area contributed by atoms with Gasteiger partial charge in [0.25, 0.3) is 5.91 Å². The number of fused-ring (bicyclic) bond motifs is 1. The van der Waals surface area contributed by atoms with E-state index in [4.69, 9.17) is 4.74 Å². The Morgan fingerprint density at radius 3 is 2.71 bits per heavy atom. The molecule has 31 heavy (non-hydrogen) atoms. The fourth-order valence-corrected chi connectivity index (χ4v) is 4.27. The van der Waals surface area contributed by atoms with Gasteiger partial charge in [0.1, 0.15) is 5.52 Å². The minimum Gasteiger partial charge on any atom is -0.383 e. The molecule has 1 amide bonds. The molecule has 0 saturated carbocycles. The van der Waals surface area contributed by atoms with E-state index < -0.39 is 0 Å². The molecule has 3 heterocycles. The normalized spacial score (nSPS) is 15.4. The summed E-state index contributed by atoms with van der Waals surface area (Å²) in [6, 6.07) is 12.1. The number of piperidine rings is 1. The fraction of sp³-hybridized carbons (Fsp3) is 0.458. The van der Waals surface area contributed by atoms with Gasteiger partial charge in [0, 0.05) is 33.4 Å². The Balaban J connectivity index is 1.36. The summed E-state index contributed by atoms with van der Waals surface area (Å²) in [7, 11) is 3.63. The van der Waals surface area contributed by atoms with Gasteiger partial charge in [-0.1, -0.05) is 30.3 Å². The highest BCUT2D eigenvalue weighted by Crippen LogP contribution is 2.20. The Labute approximate surface area is 183 Å². The maximum atomic E-state index is 13.0. The number of nitrogens with zero attached hydrogens (tertiary/aromatic N) is 5. The van der Waals surface area contributed by atoms with Crippen molar-refractivity contribution in [3.63, 3.8) is 0 Å². The molecule has 1 aromatic carbocycles. The van der Waals surface area contributed by atoms with Crippen LogP contribution in [-0.4, -0.2) is 77.2 Å². The summed E-state index contributed by atoms with van der Waals surface area (Å²) in [5.41, 5.74) is 3.34. The molecule has 1 saturated heterocycles. The number of aromatic nitrogens is 3. The molecular weight excluding hydrogens is 390 g/mol. The lowest BCUT2D eigenvalue weighted by Crippen LogP contribution is -2.40. The summed E-state index contributed by atoms with van der Waals surface area (Å²) >= 11 is 0. The largest absolute Gasteiger partial charge is 0.383 e. The van der Waals surface area contributed by atoms with Gasteiger partial charge in [0.2, 0.25) is 0 Å². The zero-order valence-corrected chi connectivity index (χ0v) is 18.4. The van der Waals surface area contributed by atoms with E-state index in [1.807, 2.05) is 40.8 Å². The number of ether oxygens (including phenoxy) is 1. The highest BCUT2D eigenvalue weighted by atomic mass is 16.5. The first-order chi connectivity index (χ1) is 15.1. The summed E-state index contributed by atoms with van der Waals surface area (Å²) < 4.78 is 7.18. The Morgan fingerprint density at radius 1 is 1.19 bits per heavy atom. The molecular formula is C24H31N5O2. The van der Waals surface area contributed by atoms with Crippen molar-refractivity contribution in [1.29, 1.82) is 0 Å². The van der Waals surface area contributed by atoms with Crippen LogP contribution in [0.15, 0.2) is 48.9 Å². The van der Waals surface area contributed by atoms with E-state index in [0.717, 1.165) is 56.8 Å². The molecule has 0 spiro atoms. The molecule has 1 aliphatic rings. The summed E-state index contributed by atoms with van der Waals surface area (Å²) in [5, 5.41) is 0. The average Bonchev–Trinajstić information content (AvgIpc) is 3.20. The molecule has 4 rings (SSSR count). The first-order valence-electron chi connectivity index (χ1n) is 11.0. The van der Waals surface area contributed by atoms with Crippen molar-refractivity contribution in [2.45, 2.75) is 19.4 Å². The number of methoxy groups -OCH3 is 1. The number of pyridine rings is 1. The standard InChI is InChI=1S/C24H31N5O2/c1-27(16-20-8-10-28(11-9-20)12-13-31-2)24(30)21-14-22-23(25-15-21)29(18-26-22)17-19-6-4-3-5-7-19/h3-7,14-15,18,20H,8-13,16-17H2,1-2H3. The van der Waals surface area contributed by atoms with Crippen LogP contribution in [-0.2, 0) is 11.3 Å². The van der Waals surface area contributed by atoms with Crippen LogP contribution in [0.3, 0.4) is 0 Å². The third kappa shape index (κ3) is 5.29. The van der Waals surface area contributed by atoms with Crippen LogP contribution in [0.2, 0.25) is 0 Å². The van der Waals surface area contributed by atoms with E-state index in [2.05, 4.69) is 27.0 Å². The fourth-order valence-electron chi connectivity index (χ4n) is 4.27. The monoisotopic (exact) mass is 421 g/mol. The highest BCUT2D eigenvalue weighted by molar-refractivity contribution is 5.96. The second-order valence-electron chi connectivity index (χ2n) is 8.39. The maximum Gasteiger partial charge on any atom is 0.255 e. The number of imidazole rings is 1. The van der Waals surface area contributed by atoms with E-state index in [1.54, 1.807) is 19.6 Å². The molecule has 7 nitrogen and oxygen atoms in total. The molecule has 3 aromatic rings. The minimum atomic E-state index is 0.00817. The van der Waals surface area contributed by atoms with E-state index in [-0.39, 0.29) is 5.91 Å². The topological polar surface area (TPSA) is 63.5 Å². The van der Waals surface area contributed by atoms with Crippen molar-refractivity contribution in [2.75, 3.05) is 46.9 Å². The number of rotatable bonds is 8. The summed E-state index contributed by atoms with van der Waals surface area (Å²) in [4.78, 5) is 26.3. The van der Waals surface area contributed by atoms with Crippen LogP contribution < -0.4 is 0 Å². The van der Waals surface area contributed by atoms with Crippen LogP contribution in [0.5, 0.6) is 0 Å². The second-order valence-corrected chi connectivity index (χ2v) is 8.39. The second kappa shape index (κ2) is 10.0. The van der Waals surface area contributed by atoms with Crippen molar-refractivity contribution in [1.82, 2.24) is 24.3 Å². The molecule has 0 atom stereocenters. The highest BCUT2D eigenvalue weighted by Gasteiger charge is 2.23. The first kappa shape index (κ1) is 21.5. The Bertz CT molecular complexity index is 996. The van der Waals surface area contributed by atoms with E-state index in [1.165, 1.54) is 5.56 Å². The van der Waals surface area contributed by atoms with Crippen molar-refractivity contribution < 1.29 is 9.53 Å². The molecule has 2 aromatic heterocycles. The molecule has 0 radical (unpaired) electrons. The number of carbonyl (C=O) groups excluding carboxylic acids is 1. The lowest BCUT2D eigenvalue weighted by atomic mass is 9.96. The third-order valence-corrected chi connectivity index (χ3v) is 6.10. The van der Waals surface area contributed by atoms with Crippen LogP contribution in [0.4, 0.5) is 0 Å². The number of hydrogen-bond acceptors (Lipinski definition) is 5. The van der Waals surface area contributed by atoms with Gasteiger partial charge in [-0.3, -0.25) is 4.79 Å². The molecule has 0 bridgehead atoms. The molecule has 0 aliphatic carbocycles. The predicted octanol–water partition coefficient (Wildman–Crippen LogP) is 2.91. The van der Waals surface area contributed by atoms with Gasteiger partial charge in [-0.15, -0.1) is 0 Å². The third-order valence-electron chi connectivity index (χ3n) is 6.10. The van der Waals surface area contributed by atoms with Gasteiger partial charge < -0.3 is 19.1 Å². The minimum absolute atomic E-state index is 0.00817.